The van der Waals surface area contributed by atoms with Crippen LogP contribution in [0.5, 0.6) is 0 Å². The number of benzene rings is 1. The van der Waals surface area contributed by atoms with Gasteiger partial charge < -0.3 is 9.80 Å². The van der Waals surface area contributed by atoms with E-state index in [-0.39, 0.29) is 0 Å². The van der Waals surface area contributed by atoms with E-state index in [1.165, 1.54) is 76.8 Å². The molecule has 0 spiro atoms. The van der Waals surface area contributed by atoms with Gasteiger partial charge in [-0.2, -0.15) is 0 Å². The second-order valence-corrected chi connectivity index (χ2v) is 7.16. The maximum Gasteiger partial charge on any atom is 0.0368 e. The molecule has 2 fully saturated rings. The molecule has 3 rings (SSSR count). The Bertz CT molecular complexity index is 417. The minimum Gasteiger partial charge on any atom is -0.368 e. The molecule has 0 bridgehead atoms. The maximum absolute atomic E-state index is 2.75. The SMILES string of the molecule is CCN1CCC(N(CC2CCCCC2)c2ccccc2)CC1. The van der Waals surface area contributed by atoms with Crippen LogP contribution in [-0.4, -0.2) is 37.1 Å². The Kier molecular flexibility index (Phi) is 5.77. The summed E-state index contributed by atoms with van der Waals surface area (Å²) in [7, 11) is 0. The van der Waals surface area contributed by atoms with Gasteiger partial charge in [-0.05, 0) is 50.3 Å². The first-order chi connectivity index (χ1) is 10.9. The van der Waals surface area contributed by atoms with Gasteiger partial charge in [-0.3, -0.25) is 0 Å². The third kappa shape index (κ3) is 4.04. The molecule has 0 amide bonds. The van der Waals surface area contributed by atoms with Gasteiger partial charge in [0, 0.05) is 31.4 Å². The number of rotatable bonds is 5. The lowest BCUT2D eigenvalue weighted by Crippen LogP contribution is -2.46. The van der Waals surface area contributed by atoms with Crippen LogP contribution in [0.15, 0.2) is 30.3 Å². The highest BCUT2D eigenvalue weighted by Gasteiger charge is 2.26. The molecule has 0 atom stereocenters. The number of hydrogen-bond donors (Lipinski definition) is 0. The highest BCUT2D eigenvalue weighted by atomic mass is 15.2. The smallest absolute Gasteiger partial charge is 0.0368 e. The molecule has 1 aromatic rings. The van der Waals surface area contributed by atoms with Crippen LogP contribution in [0.2, 0.25) is 0 Å². The van der Waals surface area contributed by atoms with Crippen molar-refractivity contribution < 1.29 is 0 Å². The Hall–Kier alpha value is -1.02. The first-order valence-corrected chi connectivity index (χ1v) is 9.41. The summed E-state index contributed by atoms with van der Waals surface area (Å²) in [5.41, 5.74) is 1.45. The number of hydrogen-bond acceptors (Lipinski definition) is 2. The fourth-order valence-electron chi connectivity index (χ4n) is 4.28. The first kappa shape index (κ1) is 15.9. The quantitative estimate of drug-likeness (QED) is 0.786. The van der Waals surface area contributed by atoms with E-state index in [0.717, 1.165) is 12.0 Å². The van der Waals surface area contributed by atoms with E-state index in [2.05, 4.69) is 47.1 Å². The molecule has 1 saturated carbocycles. The van der Waals surface area contributed by atoms with Gasteiger partial charge in [0.15, 0.2) is 0 Å². The molecule has 2 heteroatoms. The van der Waals surface area contributed by atoms with Crippen LogP contribution < -0.4 is 4.90 Å². The van der Waals surface area contributed by atoms with Crippen molar-refractivity contribution >= 4 is 5.69 Å². The fourth-order valence-corrected chi connectivity index (χ4v) is 4.28. The summed E-state index contributed by atoms with van der Waals surface area (Å²) in [5, 5.41) is 0. The molecular weight excluding hydrogens is 268 g/mol. The van der Waals surface area contributed by atoms with E-state index in [1.54, 1.807) is 0 Å². The van der Waals surface area contributed by atoms with Gasteiger partial charge >= 0.3 is 0 Å². The number of nitrogens with zero attached hydrogens (tertiary/aromatic N) is 2. The van der Waals surface area contributed by atoms with Crippen LogP contribution in [0, 0.1) is 5.92 Å². The van der Waals surface area contributed by atoms with Crippen molar-refractivity contribution in [2.75, 3.05) is 31.1 Å². The second-order valence-electron chi connectivity index (χ2n) is 7.16. The van der Waals surface area contributed by atoms with Gasteiger partial charge in [0.2, 0.25) is 0 Å². The summed E-state index contributed by atoms with van der Waals surface area (Å²) >= 11 is 0. The Morgan fingerprint density at radius 3 is 2.27 bits per heavy atom. The molecule has 1 heterocycles. The molecular formula is C20H32N2. The molecule has 0 N–H and O–H groups in total. The van der Waals surface area contributed by atoms with Crippen LogP contribution in [0.4, 0.5) is 5.69 Å². The third-order valence-corrected chi connectivity index (χ3v) is 5.71. The van der Waals surface area contributed by atoms with Gasteiger partial charge in [-0.15, -0.1) is 0 Å². The van der Waals surface area contributed by atoms with Crippen molar-refractivity contribution in [3.8, 4) is 0 Å². The zero-order valence-electron chi connectivity index (χ0n) is 14.2. The summed E-state index contributed by atoms with van der Waals surface area (Å²) in [5.74, 6) is 0.915. The van der Waals surface area contributed by atoms with Gasteiger partial charge in [0.25, 0.3) is 0 Å². The Balaban J connectivity index is 1.68. The van der Waals surface area contributed by atoms with E-state index < -0.39 is 0 Å². The van der Waals surface area contributed by atoms with Crippen LogP contribution in [0.3, 0.4) is 0 Å². The van der Waals surface area contributed by atoms with Gasteiger partial charge in [0.1, 0.15) is 0 Å². The van der Waals surface area contributed by atoms with E-state index in [1.807, 2.05) is 0 Å². The largest absolute Gasteiger partial charge is 0.368 e. The number of para-hydroxylation sites is 1. The lowest BCUT2D eigenvalue weighted by Gasteiger charge is -2.41. The van der Waals surface area contributed by atoms with Crippen LogP contribution in [-0.2, 0) is 0 Å². The van der Waals surface area contributed by atoms with Crippen LogP contribution in [0.1, 0.15) is 51.9 Å². The van der Waals surface area contributed by atoms with E-state index >= 15 is 0 Å². The summed E-state index contributed by atoms with van der Waals surface area (Å²) in [4.78, 5) is 5.35. The topological polar surface area (TPSA) is 6.48 Å². The molecule has 2 aliphatic rings. The average Bonchev–Trinajstić information content (AvgIpc) is 2.61. The Labute approximate surface area is 136 Å². The lowest BCUT2D eigenvalue weighted by molar-refractivity contribution is 0.213. The van der Waals surface area contributed by atoms with E-state index in [4.69, 9.17) is 0 Å². The van der Waals surface area contributed by atoms with Gasteiger partial charge in [0.05, 0.1) is 0 Å². The maximum atomic E-state index is 2.75. The van der Waals surface area contributed by atoms with Crippen molar-refractivity contribution in [2.45, 2.75) is 57.9 Å². The van der Waals surface area contributed by atoms with Crippen molar-refractivity contribution in [2.24, 2.45) is 5.92 Å². The third-order valence-electron chi connectivity index (χ3n) is 5.71. The van der Waals surface area contributed by atoms with E-state index in [0.29, 0.717) is 0 Å². The standard InChI is InChI=1S/C20H32N2/c1-2-21-15-13-20(14-16-21)22(19-11-7-4-8-12-19)17-18-9-5-3-6-10-18/h4,7-8,11-12,18,20H,2-3,5-6,9-10,13-17H2,1H3. The molecule has 122 valence electrons. The number of piperidine rings is 1. The Morgan fingerprint density at radius 2 is 1.64 bits per heavy atom. The molecule has 1 aromatic carbocycles. The van der Waals surface area contributed by atoms with Crippen molar-refractivity contribution in [1.29, 1.82) is 0 Å². The summed E-state index contributed by atoms with van der Waals surface area (Å²) in [6.45, 7) is 7.32. The van der Waals surface area contributed by atoms with Crippen molar-refractivity contribution in [1.82, 2.24) is 4.90 Å². The van der Waals surface area contributed by atoms with Gasteiger partial charge in [-0.25, -0.2) is 0 Å². The molecule has 0 unspecified atom stereocenters. The van der Waals surface area contributed by atoms with E-state index in [9.17, 15) is 0 Å². The predicted molar refractivity (Wildman–Crippen MR) is 95.5 cm³/mol. The zero-order valence-corrected chi connectivity index (χ0v) is 14.2. The molecule has 2 nitrogen and oxygen atoms in total. The van der Waals surface area contributed by atoms with Crippen molar-refractivity contribution in [3.05, 3.63) is 30.3 Å². The molecule has 22 heavy (non-hydrogen) atoms. The number of likely N-dealkylation sites (tertiary alicyclic amines) is 1. The molecule has 1 aliphatic carbocycles. The minimum atomic E-state index is 0.743. The summed E-state index contributed by atoms with van der Waals surface area (Å²) in [6.07, 6.45) is 9.89. The normalized spacial score (nSPS) is 21.9. The molecule has 0 radical (unpaired) electrons. The minimum absolute atomic E-state index is 0.743. The van der Waals surface area contributed by atoms with Gasteiger partial charge in [-0.1, -0.05) is 44.4 Å². The van der Waals surface area contributed by atoms with Crippen LogP contribution >= 0.6 is 0 Å². The first-order valence-electron chi connectivity index (χ1n) is 9.41. The van der Waals surface area contributed by atoms with Crippen molar-refractivity contribution in [3.63, 3.8) is 0 Å². The monoisotopic (exact) mass is 300 g/mol. The Morgan fingerprint density at radius 1 is 0.955 bits per heavy atom. The summed E-state index contributed by atoms with van der Waals surface area (Å²) < 4.78 is 0. The highest BCUT2D eigenvalue weighted by molar-refractivity contribution is 5.47. The predicted octanol–water partition coefficient (Wildman–Crippen LogP) is 4.56. The highest BCUT2D eigenvalue weighted by Crippen LogP contribution is 2.30. The average molecular weight is 300 g/mol. The molecule has 1 saturated heterocycles. The fraction of sp³-hybridized carbons (Fsp3) is 0.700. The second kappa shape index (κ2) is 8.01. The molecule has 1 aliphatic heterocycles. The number of anilines is 1. The summed E-state index contributed by atoms with van der Waals surface area (Å²) in [6, 6.07) is 11.9. The van der Waals surface area contributed by atoms with Crippen LogP contribution in [0.25, 0.3) is 0 Å². The zero-order chi connectivity index (χ0) is 15.2. The lowest BCUT2D eigenvalue weighted by atomic mass is 9.88. The molecule has 0 aromatic heterocycles.